The second-order valence-corrected chi connectivity index (χ2v) is 7.00. The maximum atomic E-state index is 5.78. The van der Waals surface area contributed by atoms with Crippen LogP contribution in [0.4, 0.5) is 0 Å². The maximum Gasteiger partial charge on any atom is 0.0959 e. The number of rotatable bonds is 3. The third kappa shape index (κ3) is 3.36. The van der Waals surface area contributed by atoms with Crippen LogP contribution in [0.5, 0.6) is 0 Å². The summed E-state index contributed by atoms with van der Waals surface area (Å²) in [6.45, 7) is 7.36. The van der Waals surface area contributed by atoms with Crippen molar-refractivity contribution < 1.29 is 4.74 Å². The molecule has 1 aromatic heterocycles. The second-order valence-electron chi connectivity index (χ2n) is 6.11. The van der Waals surface area contributed by atoms with Crippen molar-refractivity contribution in [2.75, 3.05) is 13.1 Å². The quantitative estimate of drug-likeness (QED) is 0.848. The Labute approximate surface area is 120 Å². The molecule has 1 aliphatic carbocycles. The van der Waals surface area contributed by atoms with Crippen LogP contribution in [0.1, 0.15) is 56.2 Å². The standard InChI is InChI=1S/C15H24N2OS/c1-11-7-17(8-12(2)18-11)9-14-10-19-15(16-14)13-5-3-4-6-13/h10-13H,3-9H2,1-2H3. The van der Waals surface area contributed by atoms with Gasteiger partial charge in [0.2, 0.25) is 0 Å². The van der Waals surface area contributed by atoms with Crippen molar-refractivity contribution in [3.8, 4) is 0 Å². The normalized spacial score (nSPS) is 30.0. The number of thiazole rings is 1. The molecule has 0 bridgehead atoms. The SMILES string of the molecule is CC1CN(Cc2csc(C3CCCC3)n2)CC(C)O1. The van der Waals surface area contributed by atoms with E-state index in [2.05, 4.69) is 24.1 Å². The molecule has 0 amide bonds. The molecule has 1 aromatic rings. The summed E-state index contributed by atoms with van der Waals surface area (Å²) in [5.74, 6) is 0.751. The van der Waals surface area contributed by atoms with Gasteiger partial charge in [0.05, 0.1) is 22.9 Å². The van der Waals surface area contributed by atoms with Gasteiger partial charge in [-0.3, -0.25) is 4.90 Å². The highest BCUT2D eigenvalue weighted by Gasteiger charge is 2.24. The van der Waals surface area contributed by atoms with Gasteiger partial charge in [0.15, 0.2) is 0 Å². The van der Waals surface area contributed by atoms with E-state index in [9.17, 15) is 0 Å². The molecule has 106 valence electrons. The van der Waals surface area contributed by atoms with E-state index in [-0.39, 0.29) is 0 Å². The van der Waals surface area contributed by atoms with Crippen molar-refractivity contribution in [3.05, 3.63) is 16.1 Å². The summed E-state index contributed by atoms with van der Waals surface area (Å²) in [5, 5.41) is 3.64. The van der Waals surface area contributed by atoms with Gasteiger partial charge in [-0.25, -0.2) is 4.98 Å². The number of hydrogen-bond acceptors (Lipinski definition) is 4. The highest BCUT2D eigenvalue weighted by molar-refractivity contribution is 7.09. The van der Waals surface area contributed by atoms with Gasteiger partial charge in [0.1, 0.15) is 0 Å². The second kappa shape index (κ2) is 5.90. The molecule has 0 spiro atoms. The lowest BCUT2D eigenvalue weighted by molar-refractivity contribution is -0.0707. The van der Waals surface area contributed by atoms with Crippen LogP contribution in [-0.2, 0) is 11.3 Å². The molecule has 3 rings (SSSR count). The van der Waals surface area contributed by atoms with Crippen LogP contribution in [0.25, 0.3) is 0 Å². The van der Waals surface area contributed by atoms with Crippen molar-refractivity contribution in [2.45, 2.75) is 64.2 Å². The highest BCUT2D eigenvalue weighted by Crippen LogP contribution is 2.35. The molecule has 1 saturated carbocycles. The fourth-order valence-electron chi connectivity index (χ4n) is 3.40. The van der Waals surface area contributed by atoms with E-state index in [4.69, 9.17) is 9.72 Å². The molecular formula is C15H24N2OS. The molecule has 0 N–H and O–H groups in total. The average Bonchev–Trinajstić information content (AvgIpc) is 2.96. The maximum absolute atomic E-state index is 5.78. The lowest BCUT2D eigenvalue weighted by Gasteiger charge is -2.34. The average molecular weight is 280 g/mol. The summed E-state index contributed by atoms with van der Waals surface area (Å²) in [6.07, 6.45) is 6.15. The van der Waals surface area contributed by atoms with Crippen LogP contribution in [0.15, 0.2) is 5.38 Å². The van der Waals surface area contributed by atoms with Gasteiger partial charge in [-0.15, -0.1) is 11.3 Å². The summed E-state index contributed by atoms with van der Waals surface area (Å²) in [6, 6.07) is 0. The fraction of sp³-hybridized carbons (Fsp3) is 0.800. The molecule has 2 heterocycles. The van der Waals surface area contributed by atoms with Crippen LogP contribution in [0, 0.1) is 0 Å². The Morgan fingerprint density at radius 3 is 2.63 bits per heavy atom. The van der Waals surface area contributed by atoms with Crippen LogP contribution >= 0.6 is 11.3 Å². The summed E-state index contributed by atoms with van der Waals surface area (Å²) >= 11 is 1.87. The van der Waals surface area contributed by atoms with Gasteiger partial charge < -0.3 is 4.74 Å². The van der Waals surface area contributed by atoms with Crippen LogP contribution in [-0.4, -0.2) is 35.2 Å². The van der Waals surface area contributed by atoms with Gasteiger partial charge in [-0.05, 0) is 26.7 Å². The van der Waals surface area contributed by atoms with Crippen molar-refractivity contribution in [1.29, 1.82) is 0 Å². The predicted molar refractivity (Wildman–Crippen MR) is 78.6 cm³/mol. The lowest BCUT2D eigenvalue weighted by atomic mass is 10.1. The molecule has 2 unspecified atom stereocenters. The number of morpholine rings is 1. The molecule has 2 aliphatic rings. The first-order valence-electron chi connectivity index (χ1n) is 7.53. The number of ether oxygens (including phenoxy) is 1. The van der Waals surface area contributed by atoms with E-state index in [1.165, 1.54) is 36.4 Å². The predicted octanol–water partition coefficient (Wildman–Crippen LogP) is 3.41. The molecule has 0 aromatic carbocycles. The summed E-state index contributed by atoms with van der Waals surface area (Å²) in [7, 11) is 0. The van der Waals surface area contributed by atoms with E-state index in [0.717, 1.165) is 25.6 Å². The minimum atomic E-state index is 0.344. The Kier molecular flexibility index (Phi) is 4.20. The third-order valence-corrected chi connectivity index (χ3v) is 5.21. The number of hydrogen-bond donors (Lipinski definition) is 0. The Hall–Kier alpha value is -0.450. The molecule has 0 radical (unpaired) electrons. The van der Waals surface area contributed by atoms with E-state index in [1.807, 2.05) is 11.3 Å². The van der Waals surface area contributed by atoms with Gasteiger partial charge in [-0.1, -0.05) is 12.8 Å². The molecule has 3 nitrogen and oxygen atoms in total. The van der Waals surface area contributed by atoms with Crippen molar-refractivity contribution >= 4 is 11.3 Å². The lowest BCUT2D eigenvalue weighted by Crippen LogP contribution is -2.44. The zero-order valence-corrected chi connectivity index (χ0v) is 12.8. The largest absolute Gasteiger partial charge is 0.373 e. The third-order valence-electron chi connectivity index (χ3n) is 4.15. The molecule has 2 atom stereocenters. The zero-order valence-electron chi connectivity index (χ0n) is 12.0. The highest BCUT2D eigenvalue weighted by atomic mass is 32.1. The number of nitrogens with zero attached hydrogens (tertiary/aromatic N) is 2. The van der Waals surface area contributed by atoms with Gasteiger partial charge in [0, 0.05) is 30.9 Å². The topological polar surface area (TPSA) is 25.4 Å². The smallest absolute Gasteiger partial charge is 0.0959 e. The monoisotopic (exact) mass is 280 g/mol. The van der Waals surface area contributed by atoms with Crippen LogP contribution < -0.4 is 0 Å². The van der Waals surface area contributed by atoms with Crippen molar-refractivity contribution in [3.63, 3.8) is 0 Å². The summed E-state index contributed by atoms with van der Waals surface area (Å²) in [4.78, 5) is 7.35. The first-order chi connectivity index (χ1) is 9.20. The van der Waals surface area contributed by atoms with E-state index >= 15 is 0 Å². The van der Waals surface area contributed by atoms with Gasteiger partial charge in [0.25, 0.3) is 0 Å². The van der Waals surface area contributed by atoms with E-state index in [1.54, 1.807) is 0 Å². The number of aromatic nitrogens is 1. The first-order valence-corrected chi connectivity index (χ1v) is 8.41. The summed E-state index contributed by atoms with van der Waals surface area (Å²) < 4.78 is 5.78. The molecule has 2 fully saturated rings. The Balaban J connectivity index is 1.60. The van der Waals surface area contributed by atoms with E-state index < -0.39 is 0 Å². The Bertz CT molecular complexity index is 404. The minimum absolute atomic E-state index is 0.344. The minimum Gasteiger partial charge on any atom is -0.373 e. The molecule has 4 heteroatoms. The Morgan fingerprint density at radius 2 is 1.95 bits per heavy atom. The van der Waals surface area contributed by atoms with Crippen LogP contribution in [0.3, 0.4) is 0 Å². The molecule has 1 saturated heterocycles. The zero-order chi connectivity index (χ0) is 13.2. The fourth-order valence-corrected chi connectivity index (χ4v) is 4.38. The van der Waals surface area contributed by atoms with E-state index in [0.29, 0.717) is 12.2 Å². The van der Waals surface area contributed by atoms with Crippen LogP contribution in [0.2, 0.25) is 0 Å². The molecule has 19 heavy (non-hydrogen) atoms. The summed E-state index contributed by atoms with van der Waals surface area (Å²) in [5.41, 5.74) is 1.26. The van der Waals surface area contributed by atoms with Gasteiger partial charge in [-0.2, -0.15) is 0 Å². The molecular weight excluding hydrogens is 256 g/mol. The Morgan fingerprint density at radius 1 is 1.26 bits per heavy atom. The van der Waals surface area contributed by atoms with Gasteiger partial charge >= 0.3 is 0 Å². The first kappa shape index (κ1) is 13.5. The van der Waals surface area contributed by atoms with Crippen molar-refractivity contribution in [1.82, 2.24) is 9.88 Å². The molecule has 1 aliphatic heterocycles. The van der Waals surface area contributed by atoms with Crippen molar-refractivity contribution in [2.24, 2.45) is 0 Å².